The van der Waals surface area contributed by atoms with Crippen LogP contribution in [0.25, 0.3) is 0 Å². The van der Waals surface area contributed by atoms with Crippen molar-refractivity contribution >= 4 is 29.2 Å². The summed E-state index contributed by atoms with van der Waals surface area (Å²) >= 11 is 5.83. The summed E-state index contributed by atoms with van der Waals surface area (Å²) in [7, 11) is 0. The van der Waals surface area contributed by atoms with Gasteiger partial charge < -0.3 is 15.2 Å². The fourth-order valence-corrected chi connectivity index (χ4v) is 4.56. The summed E-state index contributed by atoms with van der Waals surface area (Å²) in [4.78, 5) is 24.2. The second-order valence-electron chi connectivity index (χ2n) is 6.54. The number of benzene rings is 1. The average Bonchev–Trinajstić information content (AvgIpc) is 3.15. The van der Waals surface area contributed by atoms with Crippen LogP contribution in [0, 0.1) is 29.1 Å². The van der Waals surface area contributed by atoms with E-state index in [1.165, 1.54) is 0 Å². The fourth-order valence-electron chi connectivity index (χ4n) is 4.44. The van der Waals surface area contributed by atoms with E-state index in [2.05, 4.69) is 5.32 Å². The van der Waals surface area contributed by atoms with Gasteiger partial charge in [-0.3, -0.25) is 4.79 Å². The lowest BCUT2D eigenvalue weighted by atomic mass is 9.82. The van der Waals surface area contributed by atoms with Gasteiger partial charge in [0.1, 0.15) is 0 Å². The van der Waals surface area contributed by atoms with Crippen LogP contribution in [0.3, 0.4) is 0 Å². The smallest absolute Gasteiger partial charge is 0.228 e. The van der Waals surface area contributed by atoms with Crippen molar-refractivity contribution in [1.29, 1.82) is 0 Å². The second-order valence-corrected chi connectivity index (χ2v) is 6.97. The molecular formula is C17H15ClNO3-. The summed E-state index contributed by atoms with van der Waals surface area (Å²) in [6.45, 7) is 0. The highest BCUT2D eigenvalue weighted by Crippen LogP contribution is 2.71. The molecule has 2 fully saturated rings. The Balaban J connectivity index is 1.60. The van der Waals surface area contributed by atoms with E-state index < -0.39 is 17.8 Å². The molecule has 0 aromatic heterocycles. The Labute approximate surface area is 133 Å². The van der Waals surface area contributed by atoms with Crippen molar-refractivity contribution in [2.45, 2.75) is 12.8 Å². The van der Waals surface area contributed by atoms with E-state index in [-0.39, 0.29) is 23.2 Å². The Morgan fingerprint density at radius 1 is 1.09 bits per heavy atom. The van der Waals surface area contributed by atoms with Crippen molar-refractivity contribution in [2.24, 2.45) is 29.1 Å². The van der Waals surface area contributed by atoms with Gasteiger partial charge in [-0.05, 0) is 54.4 Å². The van der Waals surface area contributed by atoms with Gasteiger partial charge in [0.25, 0.3) is 0 Å². The lowest BCUT2D eigenvalue weighted by Crippen LogP contribution is -2.42. The van der Waals surface area contributed by atoms with Crippen molar-refractivity contribution in [3.05, 3.63) is 41.4 Å². The van der Waals surface area contributed by atoms with Crippen LogP contribution >= 0.6 is 11.6 Å². The molecule has 4 rings (SSSR count). The standard InChI is InChI=1S/C17H16ClNO3/c18-9-1-3-10(4-2-9)19-15(20)13-11-5-6-12(14(13)16(21)22)17(11)7-8-17/h1-6,11-14H,7-8H2,(H,19,20)(H,21,22)/p-1/t11-,12+,13+,14-/m0/s1. The van der Waals surface area contributed by atoms with Gasteiger partial charge in [-0.25, -0.2) is 0 Å². The number of aliphatic carboxylic acids is 1. The summed E-state index contributed by atoms with van der Waals surface area (Å²) in [5.41, 5.74) is 0.635. The largest absolute Gasteiger partial charge is 0.550 e. The zero-order valence-electron chi connectivity index (χ0n) is 11.8. The number of rotatable bonds is 3. The fraction of sp³-hybridized carbons (Fsp3) is 0.412. The zero-order chi connectivity index (χ0) is 15.5. The molecule has 3 aliphatic carbocycles. The monoisotopic (exact) mass is 316 g/mol. The molecule has 4 nitrogen and oxygen atoms in total. The van der Waals surface area contributed by atoms with Gasteiger partial charge in [-0.1, -0.05) is 23.8 Å². The number of anilines is 1. The highest BCUT2D eigenvalue weighted by atomic mass is 35.5. The minimum Gasteiger partial charge on any atom is -0.550 e. The van der Waals surface area contributed by atoms with E-state index in [9.17, 15) is 14.7 Å². The molecule has 114 valence electrons. The van der Waals surface area contributed by atoms with E-state index in [1.54, 1.807) is 24.3 Å². The molecule has 0 aliphatic heterocycles. The summed E-state index contributed by atoms with van der Waals surface area (Å²) in [5.74, 6) is -2.64. The number of nitrogens with one attached hydrogen (secondary N) is 1. The molecule has 0 saturated heterocycles. The van der Waals surface area contributed by atoms with Crippen molar-refractivity contribution in [3.63, 3.8) is 0 Å². The summed E-state index contributed by atoms with van der Waals surface area (Å²) in [6.07, 6.45) is 6.01. The topological polar surface area (TPSA) is 69.2 Å². The van der Waals surface area contributed by atoms with Gasteiger partial charge >= 0.3 is 0 Å². The quantitative estimate of drug-likeness (QED) is 0.865. The van der Waals surface area contributed by atoms with Gasteiger partial charge in [0.05, 0.1) is 5.92 Å². The third-order valence-corrected chi connectivity index (χ3v) is 5.78. The first-order valence-corrected chi connectivity index (χ1v) is 7.86. The molecule has 5 heteroatoms. The maximum Gasteiger partial charge on any atom is 0.228 e. The third kappa shape index (κ3) is 1.83. The van der Waals surface area contributed by atoms with Crippen molar-refractivity contribution in [3.8, 4) is 0 Å². The number of carboxylic acids is 1. The number of carboxylic acid groups (broad SMARTS) is 1. The minimum absolute atomic E-state index is 0.00669. The number of carbonyl (C=O) groups is 2. The van der Waals surface area contributed by atoms with Gasteiger partial charge in [0.2, 0.25) is 5.91 Å². The first kappa shape index (κ1) is 13.8. The predicted octanol–water partition coefficient (Wildman–Crippen LogP) is 1.86. The number of allylic oxidation sites excluding steroid dienone is 2. The Hall–Kier alpha value is -1.81. The molecule has 1 N–H and O–H groups in total. The predicted molar refractivity (Wildman–Crippen MR) is 79.9 cm³/mol. The van der Waals surface area contributed by atoms with Crippen LogP contribution in [0.4, 0.5) is 5.69 Å². The summed E-state index contributed by atoms with van der Waals surface area (Å²) < 4.78 is 0. The van der Waals surface area contributed by atoms with Crippen LogP contribution in [-0.4, -0.2) is 11.9 Å². The Morgan fingerprint density at radius 3 is 2.23 bits per heavy atom. The molecule has 2 saturated carbocycles. The van der Waals surface area contributed by atoms with Gasteiger partial charge in [0, 0.05) is 22.6 Å². The van der Waals surface area contributed by atoms with Crippen LogP contribution in [-0.2, 0) is 9.59 Å². The molecule has 2 bridgehead atoms. The normalized spacial score (nSPS) is 33.1. The van der Waals surface area contributed by atoms with E-state index in [4.69, 9.17) is 11.6 Å². The SMILES string of the molecule is O=C([O-])[C@@H]1[C@H](C(=O)Nc2ccc(Cl)cc2)[C@@H]2C=C[C@H]1C21CC1. The lowest BCUT2D eigenvalue weighted by Gasteiger charge is -2.27. The van der Waals surface area contributed by atoms with E-state index >= 15 is 0 Å². The molecule has 4 atom stereocenters. The highest BCUT2D eigenvalue weighted by Gasteiger charge is 2.68. The van der Waals surface area contributed by atoms with Crippen LogP contribution in [0.2, 0.25) is 5.02 Å². The lowest BCUT2D eigenvalue weighted by molar-refractivity contribution is -0.313. The van der Waals surface area contributed by atoms with E-state index in [1.807, 2.05) is 12.2 Å². The summed E-state index contributed by atoms with van der Waals surface area (Å²) in [6, 6.07) is 6.81. The van der Waals surface area contributed by atoms with Crippen LogP contribution in [0.5, 0.6) is 0 Å². The average molecular weight is 317 g/mol. The summed E-state index contributed by atoms with van der Waals surface area (Å²) in [5, 5.41) is 15.0. The molecule has 1 aromatic rings. The molecule has 3 aliphatic rings. The molecule has 0 heterocycles. The number of amides is 1. The second kappa shape index (κ2) is 4.59. The molecule has 1 amide bonds. The van der Waals surface area contributed by atoms with Crippen molar-refractivity contribution in [2.75, 3.05) is 5.32 Å². The van der Waals surface area contributed by atoms with Gasteiger partial charge in [-0.15, -0.1) is 0 Å². The van der Waals surface area contributed by atoms with E-state index in [0.29, 0.717) is 10.7 Å². The Kier molecular flexibility index (Phi) is 2.89. The number of halogens is 1. The van der Waals surface area contributed by atoms with Crippen LogP contribution in [0.15, 0.2) is 36.4 Å². The molecule has 0 radical (unpaired) electrons. The van der Waals surface area contributed by atoms with E-state index in [0.717, 1.165) is 12.8 Å². The number of hydrogen-bond acceptors (Lipinski definition) is 3. The first-order valence-electron chi connectivity index (χ1n) is 7.48. The Bertz CT molecular complexity index is 678. The van der Waals surface area contributed by atoms with Gasteiger partial charge in [-0.2, -0.15) is 0 Å². The van der Waals surface area contributed by atoms with Crippen molar-refractivity contribution in [1.82, 2.24) is 0 Å². The maximum atomic E-state index is 12.7. The molecule has 1 spiro atoms. The molecule has 1 aromatic carbocycles. The molecular weight excluding hydrogens is 302 g/mol. The van der Waals surface area contributed by atoms with Crippen LogP contribution < -0.4 is 10.4 Å². The minimum atomic E-state index is -1.11. The zero-order valence-corrected chi connectivity index (χ0v) is 12.5. The van der Waals surface area contributed by atoms with Crippen molar-refractivity contribution < 1.29 is 14.7 Å². The third-order valence-electron chi connectivity index (χ3n) is 5.53. The Morgan fingerprint density at radius 2 is 1.68 bits per heavy atom. The number of carbonyl (C=O) groups excluding carboxylic acids is 2. The number of hydrogen-bond donors (Lipinski definition) is 1. The van der Waals surface area contributed by atoms with Gasteiger partial charge in [0.15, 0.2) is 0 Å². The maximum absolute atomic E-state index is 12.7. The molecule has 22 heavy (non-hydrogen) atoms. The molecule has 0 unspecified atom stereocenters. The van der Waals surface area contributed by atoms with Crippen LogP contribution in [0.1, 0.15) is 12.8 Å². The first-order chi connectivity index (χ1) is 10.5. The highest BCUT2D eigenvalue weighted by molar-refractivity contribution is 6.30.